The van der Waals surface area contributed by atoms with Crippen LogP contribution in [0.3, 0.4) is 0 Å². The van der Waals surface area contributed by atoms with Gasteiger partial charge in [-0.1, -0.05) is 41.4 Å². The van der Waals surface area contributed by atoms with E-state index >= 15 is 0 Å². The van der Waals surface area contributed by atoms with Gasteiger partial charge in [0.25, 0.3) is 0 Å². The van der Waals surface area contributed by atoms with Crippen LogP contribution in [0, 0.1) is 0 Å². The van der Waals surface area contributed by atoms with Gasteiger partial charge in [-0.15, -0.1) is 0 Å². The monoisotopic (exact) mass is 354 g/mol. The molecule has 23 heavy (non-hydrogen) atoms. The lowest BCUT2D eigenvalue weighted by Gasteiger charge is -2.14. The van der Waals surface area contributed by atoms with E-state index in [4.69, 9.17) is 37.4 Å². The molecule has 0 heterocycles. The Morgan fingerprint density at radius 1 is 1.13 bits per heavy atom. The molecule has 1 unspecified atom stereocenters. The first kappa shape index (κ1) is 17.6. The number of ether oxygens (including phenoxy) is 3. The summed E-state index contributed by atoms with van der Waals surface area (Å²) in [7, 11) is 1.59. The molecule has 6 heteroatoms. The van der Waals surface area contributed by atoms with Crippen molar-refractivity contribution in [3.05, 3.63) is 58.1 Å². The van der Waals surface area contributed by atoms with Gasteiger partial charge >= 0.3 is 5.97 Å². The number of benzene rings is 2. The Labute approximate surface area is 144 Å². The zero-order valence-corrected chi connectivity index (χ0v) is 14.2. The van der Waals surface area contributed by atoms with Crippen LogP contribution in [-0.2, 0) is 16.1 Å². The third-order valence-corrected chi connectivity index (χ3v) is 3.68. The lowest BCUT2D eigenvalue weighted by Crippen LogP contribution is -2.26. The summed E-state index contributed by atoms with van der Waals surface area (Å²) in [5, 5.41) is 0.539. The number of rotatable bonds is 6. The maximum Gasteiger partial charge on any atom is 0.340 e. The zero-order valence-electron chi connectivity index (χ0n) is 12.7. The van der Waals surface area contributed by atoms with Crippen LogP contribution < -0.4 is 9.47 Å². The normalized spacial score (nSPS) is 11.8. The van der Waals surface area contributed by atoms with E-state index < -0.39 is 12.1 Å². The summed E-state index contributed by atoms with van der Waals surface area (Å²) < 4.78 is 15.9. The zero-order chi connectivity index (χ0) is 16.8. The summed E-state index contributed by atoms with van der Waals surface area (Å²) in [5.41, 5.74) is 0.889. The van der Waals surface area contributed by atoms with Crippen molar-refractivity contribution in [1.29, 1.82) is 0 Å². The minimum Gasteiger partial charge on any atom is -0.497 e. The minimum atomic E-state index is -0.770. The van der Waals surface area contributed by atoms with Crippen LogP contribution >= 0.6 is 23.2 Å². The van der Waals surface area contributed by atoms with Crippen LogP contribution in [0.15, 0.2) is 42.5 Å². The highest BCUT2D eigenvalue weighted by molar-refractivity contribution is 6.37. The molecule has 0 aromatic heterocycles. The van der Waals surface area contributed by atoms with E-state index in [2.05, 4.69) is 0 Å². The number of carbonyl (C=O) groups excluding carboxylic acids is 1. The molecule has 0 saturated heterocycles. The second-order valence-electron chi connectivity index (χ2n) is 4.78. The Kier molecular flexibility index (Phi) is 6.28. The average molecular weight is 355 g/mol. The third kappa shape index (κ3) is 4.86. The molecule has 2 aromatic carbocycles. The minimum absolute atomic E-state index is 0.137. The van der Waals surface area contributed by atoms with Gasteiger partial charge in [-0.25, -0.2) is 4.79 Å². The molecule has 0 fully saturated rings. The van der Waals surface area contributed by atoms with Crippen LogP contribution in [0.2, 0.25) is 10.0 Å². The average Bonchev–Trinajstić information content (AvgIpc) is 2.56. The van der Waals surface area contributed by atoms with Crippen molar-refractivity contribution in [3.63, 3.8) is 0 Å². The highest BCUT2D eigenvalue weighted by atomic mass is 35.5. The molecule has 0 aliphatic heterocycles. The van der Waals surface area contributed by atoms with Crippen molar-refractivity contribution >= 4 is 29.2 Å². The van der Waals surface area contributed by atoms with E-state index in [1.165, 1.54) is 0 Å². The smallest absolute Gasteiger partial charge is 0.340 e. The van der Waals surface area contributed by atoms with Crippen LogP contribution in [-0.4, -0.2) is 19.2 Å². The summed E-state index contributed by atoms with van der Waals surface area (Å²) in [4.78, 5) is 12.1. The topological polar surface area (TPSA) is 44.8 Å². The van der Waals surface area contributed by atoms with Crippen LogP contribution in [0.5, 0.6) is 11.5 Å². The predicted octanol–water partition coefficient (Wildman–Crippen LogP) is 4.51. The molecule has 0 N–H and O–H groups in total. The molecule has 1 atom stereocenters. The Hall–Kier alpha value is -1.75. The standard InChI is InChI=1S/C17H16Cl2O4/c1-11(22-10-12-5-3-6-13(9-12)21-2)17(20)23-16-14(18)7-4-8-15(16)19/h3-9,11H,10H2,1-2H3. The fourth-order valence-corrected chi connectivity index (χ4v) is 2.29. The van der Waals surface area contributed by atoms with Gasteiger partial charge in [-0.3, -0.25) is 0 Å². The number of carbonyl (C=O) groups is 1. The van der Waals surface area contributed by atoms with Crippen LogP contribution in [0.4, 0.5) is 0 Å². The molecule has 0 aliphatic carbocycles. The highest BCUT2D eigenvalue weighted by Gasteiger charge is 2.19. The predicted molar refractivity (Wildman–Crippen MR) is 89.3 cm³/mol. The number of halogens is 2. The quantitative estimate of drug-likeness (QED) is 0.565. The number of hydrogen-bond acceptors (Lipinski definition) is 4. The Morgan fingerprint density at radius 3 is 2.43 bits per heavy atom. The number of hydrogen-bond donors (Lipinski definition) is 0. The largest absolute Gasteiger partial charge is 0.497 e. The molecule has 0 amide bonds. The van der Waals surface area contributed by atoms with Gasteiger partial charge in [-0.2, -0.15) is 0 Å². The highest BCUT2D eigenvalue weighted by Crippen LogP contribution is 2.32. The van der Waals surface area contributed by atoms with E-state index in [0.717, 1.165) is 11.3 Å². The lowest BCUT2D eigenvalue weighted by molar-refractivity contribution is -0.147. The summed E-state index contributed by atoms with van der Waals surface area (Å²) in [6.07, 6.45) is -0.770. The molecule has 2 rings (SSSR count). The second kappa shape index (κ2) is 8.20. The van der Waals surface area contributed by atoms with E-state index in [9.17, 15) is 4.79 Å². The van der Waals surface area contributed by atoms with Gasteiger partial charge in [0.05, 0.1) is 23.8 Å². The van der Waals surface area contributed by atoms with Crippen LogP contribution in [0.1, 0.15) is 12.5 Å². The summed E-state index contributed by atoms with van der Waals surface area (Å²) in [6.45, 7) is 1.86. The molecule has 0 bridgehead atoms. The fraction of sp³-hybridized carbons (Fsp3) is 0.235. The third-order valence-electron chi connectivity index (χ3n) is 3.09. The number of esters is 1. The first-order chi connectivity index (χ1) is 11.0. The van der Waals surface area contributed by atoms with Gasteiger partial charge in [0, 0.05) is 0 Å². The maximum atomic E-state index is 12.1. The van der Waals surface area contributed by atoms with Crippen LogP contribution in [0.25, 0.3) is 0 Å². The van der Waals surface area contributed by atoms with Crippen molar-refractivity contribution in [3.8, 4) is 11.5 Å². The molecule has 2 aromatic rings. The molecular formula is C17H16Cl2O4. The summed E-state index contributed by atoms with van der Waals surface area (Å²) >= 11 is 11.9. The van der Waals surface area contributed by atoms with Gasteiger partial charge in [0.15, 0.2) is 11.9 Å². The number of para-hydroxylation sites is 1. The Balaban J connectivity index is 1.95. The van der Waals surface area contributed by atoms with Crippen molar-refractivity contribution in [2.75, 3.05) is 7.11 Å². The Morgan fingerprint density at radius 2 is 1.78 bits per heavy atom. The van der Waals surface area contributed by atoms with Gasteiger partial charge in [-0.05, 0) is 36.8 Å². The molecular weight excluding hydrogens is 339 g/mol. The van der Waals surface area contributed by atoms with Crippen molar-refractivity contribution in [1.82, 2.24) is 0 Å². The van der Waals surface area contributed by atoms with Crippen molar-refractivity contribution in [2.45, 2.75) is 19.6 Å². The van der Waals surface area contributed by atoms with E-state index in [0.29, 0.717) is 0 Å². The molecule has 122 valence electrons. The Bertz CT molecular complexity index is 668. The second-order valence-corrected chi connectivity index (χ2v) is 5.59. The van der Waals surface area contributed by atoms with Gasteiger partial charge < -0.3 is 14.2 Å². The van der Waals surface area contributed by atoms with E-state index in [1.807, 2.05) is 24.3 Å². The molecule has 4 nitrogen and oxygen atoms in total. The fourth-order valence-electron chi connectivity index (χ4n) is 1.82. The lowest BCUT2D eigenvalue weighted by atomic mass is 10.2. The molecule has 0 spiro atoms. The summed E-state index contributed by atoms with van der Waals surface area (Å²) in [5.74, 6) is 0.296. The van der Waals surface area contributed by atoms with E-state index in [1.54, 1.807) is 32.2 Å². The van der Waals surface area contributed by atoms with Gasteiger partial charge in [0.2, 0.25) is 0 Å². The van der Waals surface area contributed by atoms with Crippen molar-refractivity contribution < 1.29 is 19.0 Å². The van der Waals surface area contributed by atoms with E-state index in [-0.39, 0.29) is 22.4 Å². The van der Waals surface area contributed by atoms with Gasteiger partial charge in [0.1, 0.15) is 5.75 Å². The molecule has 0 radical (unpaired) electrons. The number of methoxy groups -OCH3 is 1. The molecule has 0 aliphatic rings. The summed E-state index contributed by atoms with van der Waals surface area (Å²) in [6, 6.07) is 12.3. The SMILES string of the molecule is COc1cccc(COC(C)C(=O)Oc2c(Cl)cccc2Cl)c1. The first-order valence-corrected chi connectivity index (χ1v) is 7.67. The van der Waals surface area contributed by atoms with Crippen molar-refractivity contribution in [2.24, 2.45) is 0 Å². The molecule has 0 saturated carbocycles. The maximum absolute atomic E-state index is 12.1. The first-order valence-electron chi connectivity index (χ1n) is 6.91.